The molecule has 11 N–H and O–H groups in total. The highest BCUT2D eigenvalue weighted by Gasteiger charge is 2.31. The molecular formula is C31H47N7O8. The van der Waals surface area contributed by atoms with E-state index in [0.29, 0.717) is 24.9 Å². The van der Waals surface area contributed by atoms with Crippen LogP contribution >= 0.6 is 0 Å². The van der Waals surface area contributed by atoms with Crippen LogP contribution in [0.3, 0.4) is 0 Å². The first-order chi connectivity index (χ1) is 21.8. The van der Waals surface area contributed by atoms with Gasteiger partial charge in [-0.25, -0.2) is 4.79 Å². The van der Waals surface area contributed by atoms with Crippen molar-refractivity contribution in [3.8, 4) is 5.75 Å². The zero-order chi connectivity index (χ0) is 34.2. The molecule has 1 heterocycles. The first-order valence-corrected chi connectivity index (χ1v) is 15.4. The minimum absolute atomic E-state index is 0.00352. The number of hydrogen-bond acceptors (Lipinski definition) is 9. The molecule has 46 heavy (non-hydrogen) atoms. The van der Waals surface area contributed by atoms with Gasteiger partial charge in [0.1, 0.15) is 29.9 Å². The van der Waals surface area contributed by atoms with Crippen LogP contribution in [0, 0.1) is 5.92 Å². The van der Waals surface area contributed by atoms with E-state index in [9.17, 15) is 39.0 Å². The molecule has 1 aromatic carbocycles. The van der Waals surface area contributed by atoms with Crippen LogP contribution in [0.2, 0.25) is 0 Å². The zero-order valence-corrected chi connectivity index (χ0v) is 26.3. The van der Waals surface area contributed by atoms with Gasteiger partial charge in [0, 0.05) is 6.42 Å². The Morgan fingerprint density at radius 1 is 0.957 bits per heavy atom. The normalized spacial score (nSPS) is 21.5. The standard InChI is InChI=1S/C31H47N7O8/c1-18(2)15-25(31(45)46)38-30(44)24(16-19-10-12-20(39)13-11-19)37-29(43)23-8-4-3-7-21(33)27(41)34-17-26(40)35-22(28(42)36-23)9-5-6-14-32/h3-4,10-13,18,21-25,39H,5-9,14-17,32-33H2,1-2H3,(H,34,41)(H,35,40)(H,36,42)(H,37,43)(H,38,44)(H,45,46)/b4-3+/t21-,22-,23-,24-,25-/m0/s1. The number of amides is 5. The minimum Gasteiger partial charge on any atom is -0.508 e. The number of nitrogens with two attached hydrogens (primary N) is 2. The van der Waals surface area contributed by atoms with Gasteiger partial charge in [0.25, 0.3) is 0 Å². The van der Waals surface area contributed by atoms with Crippen molar-refractivity contribution in [2.45, 2.75) is 89.0 Å². The largest absolute Gasteiger partial charge is 0.508 e. The first kappa shape index (κ1) is 37.7. The lowest BCUT2D eigenvalue weighted by Gasteiger charge is -2.26. The van der Waals surface area contributed by atoms with E-state index in [1.165, 1.54) is 12.1 Å². The second kappa shape index (κ2) is 19.1. The Hall–Kier alpha value is -4.50. The Morgan fingerprint density at radius 2 is 1.63 bits per heavy atom. The van der Waals surface area contributed by atoms with Gasteiger partial charge in [0.15, 0.2) is 0 Å². The highest BCUT2D eigenvalue weighted by molar-refractivity contribution is 5.95. The Bertz CT molecular complexity index is 1240. The Balaban J connectivity index is 2.38. The number of hydrogen-bond donors (Lipinski definition) is 9. The molecule has 5 atom stereocenters. The fourth-order valence-corrected chi connectivity index (χ4v) is 4.71. The number of carboxylic acid groups (broad SMARTS) is 1. The van der Waals surface area contributed by atoms with Crippen LogP contribution in [0.1, 0.15) is 57.9 Å². The summed E-state index contributed by atoms with van der Waals surface area (Å²) in [5, 5.41) is 32.2. The lowest BCUT2D eigenvalue weighted by atomic mass is 10.0. The number of carbonyl (C=O) groups is 6. The maximum Gasteiger partial charge on any atom is 0.326 e. The Morgan fingerprint density at radius 3 is 2.26 bits per heavy atom. The quantitative estimate of drug-likeness (QED) is 0.0927. The fourth-order valence-electron chi connectivity index (χ4n) is 4.71. The first-order valence-electron chi connectivity index (χ1n) is 15.4. The van der Waals surface area contributed by atoms with Crippen molar-refractivity contribution in [2.75, 3.05) is 13.1 Å². The number of phenols is 1. The molecule has 1 aromatic rings. The molecule has 1 aliphatic rings. The van der Waals surface area contributed by atoms with Crippen LogP contribution < -0.4 is 38.1 Å². The third-order valence-electron chi connectivity index (χ3n) is 7.25. The number of phenolic OH excluding ortho intramolecular Hbond substituents is 1. The summed E-state index contributed by atoms with van der Waals surface area (Å²) in [6.07, 6.45) is 4.59. The number of nitrogens with one attached hydrogen (secondary N) is 5. The topological polar surface area (TPSA) is 255 Å². The van der Waals surface area contributed by atoms with Crippen LogP contribution in [0.25, 0.3) is 0 Å². The average molecular weight is 646 g/mol. The summed E-state index contributed by atoms with van der Waals surface area (Å²) >= 11 is 0. The number of carbonyl (C=O) groups excluding carboxylic acids is 5. The summed E-state index contributed by atoms with van der Waals surface area (Å²) in [5.41, 5.74) is 12.1. The molecule has 0 saturated heterocycles. The second-order valence-corrected chi connectivity index (χ2v) is 11.7. The molecule has 0 bridgehead atoms. The summed E-state index contributed by atoms with van der Waals surface area (Å²) in [7, 11) is 0. The van der Waals surface area contributed by atoms with Gasteiger partial charge in [-0.05, 0) is 68.7 Å². The van der Waals surface area contributed by atoms with E-state index < -0.39 is 72.3 Å². The highest BCUT2D eigenvalue weighted by atomic mass is 16.4. The van der Waals surface area contributed by atoms with Crippen molar-refractivity contribution in [3.63, 3.8) is 0 Å². The van der Waals surface area contributed by atoms with Gasteiger partial charge in [0.2, 0.25) is 29.5 Å². The van der Waals surface area contributed by atoms with Crippen LogP contribution in [0.4, 0.5) is 0 Å². The van der Waals surface area contributed by atoms with Gasteiger partial charge in [-0.2, -0.15) is 0 Å². The van der Waals surface area contributed by atoms with E-state index in [-0.39, 0.29) is 43.8 Å². The number of carboxylic acids is 1. The molecule has 0 spiro atoms. The van der Waals surface area contributed by atoms with E-state index >= 15 is 0 Å². The van der Waals surface area contributed by atoms with Gasteiger partial charge < -0.3 is 48.3 Å². The maximum absolute atomic E-state index is 13.7. The molecule has 254 valence electrons. The smallest absolute Gasteiger partial charge is 0.326 e. The third kappa shape index (κ3) is 13.2. The summed E-state index contributed by atoms with van der Waals surface area (Å²) in [5.74, 6) is -4.60. The molecule has 2 rings (SSSR count). The molecule has 0 unspecified atom stereocenters. The molecule has 5 amide bonds. The van der Waals surface area contributed by atoms with Gasteiger partial charge >= 0.3 is 5.97 Å². The van der Waals surface area contributed by atoms with E-state index in [4.69, 9.17) is 11.5 Å². The van der Waals surface area contributed by atoms with E-state index in [1.54, 1.807) is 24.3 Å². The summed E-state index contributed by atoms with van der Waals surface area (Å²) in [6.45, 7) is 3.60. The van der Waals surface area contributed by atoms with Crippen molar-refractivity contribution in [1.29, 1.82) is 0 Å². The third-order valence-corrected chi connectivity index (χ3v) is 7.25. The van der Waals surface area contributed by atoms with Crippen molar-refractivity contribution in [2.24, 2.45) is 17.4 Å². The highest BCUT2D eigenvalue weighted by Crippen LogP contribution is 2.13. The molecule has 0 saturated carbocycles. The summed E-state index contributed by atoms with van der Waals surface area (Å²) in [4.78, 5) is 77.2. The van der Waals surface area contributed by atoms with Crippen molar-refractivity contribution in [1.82, 2.24) is 26.6 Å². The molecule has 0 radical (unpaired) electrons. The lowest BCUT2D eigenvalue weighted by molar-refractivity contribution is -0.142. The van der Waals surface area contributed by atoms with Gasteiger partial charge in [0.05, 0.1) is 12.6 Å². The fraction of sp³-hybridized carbons (Fsp3) is 0.548. The number of rotatable bonds is 13. The molecule has 15 heteroatoms. The monoisotopic (exact) mass is 645 g/mol. The van der Waals surface area contributed by atoms with Crippen LogP contribution in [-0.4, -0.2) is 89.0 Å². The van der Waals surface area contributed by atoms with Crippen molar-refractivity contribution < 1.29 is 39.0 Å². The van der Waals surface area contributed by atoms with Crippen LogP contribution in [0.15, 0.2) is 36.4 Å². The van der Waals surface area contributed by atoms with Gasteiger partial charge in [-0.15, -0.1) is 0 Å². The average Bonchev–Trinajstić information content (AvgIpc) is 3.00. The molecule has 0 fully saturated rings. The van der Waals surface area contributed by atoms with Gasteiger partial charge in [-0.3, -0.25) is 24.0 Å². The maximum atomic E-state index is 13.7. The van der Waals surface area contributed by atoms with Crippen molar-refractivity contribution >= 4 is 35.5 Å². The molecular weight excluding hydrogens is 598 g/mol. The van der Waals surface area contributed by atoms with E-state index in [2.05, 4.69) is 26.6 Å². The molecule has 1 aliphatic heterocycles. The molecule has 15 nitrogen and oxygen atoms in total. The Kier molecular flexibility index (Phi) is 15.7. The second-order valence-electron chi connectivity index (χ2n) is 11.7. The van der Waals surface area contributed by atoms with Crippen molar-refractivity contribution in [3.05, 3.63) is 42.0 Å². The number of unbranched alkanes of at least 4 members (excludes halogenated alkanes) is 1. The lowest BCUT2D eigenvalue weighted by Crippen LogP contribution is -2.58. The van der Waals surface area contributed by atoms with Crippen LogP contribution in [-0.2, 0) is 35.2 Å². The number of aromatic hydroxyl groups is 1. The SMILES string of the molecule is CC(C)C[C@H](NC(=O)[C@H](Cc1ccc(O)cc1)NC(=O)[C@@H]1C/C=C/C[C@H](N)C(=O)NCC(=O)N[C@@H](CCCCN)C(=O)N1)C(=O)O. The number of aliphatic carboxylic acids is 1. The summed E-state index contributed by atoms with van der Waals surface area (Å²) < 4.78 is 0. The van der Waals surface area contributed by atoms with E-state index in [0.717, 1.165) is 0 Å². The minimum atomic E-state index is -1.25. The van der Waals surface area contributed by atoms with Gasteiger partial charge in [-0.1, -0.05) is 38.1 Å². The van der Waals surface area contributed by atoms with Crippen LogP contribution in [0.5, 0.6) is 5.75 Å². The predicted molar refractivity (Wildman–Crippen MR) is 169 cm³/mol. The Labute approximate surface area is 268 Å². The van der Waals surface area contributed by atoms with E-state index in [1.807, 2.05) is 13.8 Å². The number of benzene rings is 1. The molecule has 0 aliphatic carbocycles. The summed E-state index contributed by atoms with van der Waals surface area (Å²) in [6, 6.07) is 0.271. The predicted octanol–water partition coefficient (Wildman–Crippen LogP) is -1.07. The molecule has 0 aromatic heterocycles. The zero-order valence-electron chi connectivity index (χ0n) is 26.3.